The highest BCUT2D eigenvalue weighted by Crippen LogP contribution is 2.38. The molecule has 1 aliphatic rings. The van der Waals surface area contributed by atoms with Crippen molar-refractivity contribution in [1.29, 1.82) is 0 Å². The zero-order valence-corrected chi connectivity index (χ0v) is 22.3. The minimum atomic E-state index is -0.594. The lowest BCUT2D eigenvalue weighted by Crippen LogP contribution is -2.31. The Labute approximate surface area is 236 Å². The highest BCUT2D eigenvalue weighted by atomic mass is 35.5. The van der Waals surface area contributed by atoms with Crippen LogP contribution in [0.25, 0.3) is 11.4 Å². The summed E-state index contributed by atoms with van der Waals surface area (Å²) in [6.07, 6.45) is 1.63. The number of anilines is 2. The number of fused-ring (bicyclic) bond motifs is 1. The average molecular weight is 549 g/mol. The molecule has 3 aromatic carbocycles. The van der Waals surface area contributed by atoms with Crippen LogP contribution < -0.4 is 15.4 Å². The summed E-state index contributed by atoms with van der Waals surface area (Å²) >= 11 is 6.47. The van der Waals surface area contributed by atoms with Crippen molar-refractivity contribution in [2.45, 2.75) is 19.6 Å². The number of nitrogens with one attached hydrogen (secondary N) is 2. The molecule has 1 aliphatic heterocycles. The third-order valence-corrected chi connectivity index (χ3v) is 6.87. The number of rotatable bonds is 7. The molecular weight excluding hydrogens is 524 g/mol. The SMILES string of the molecule is CC1=C(C(=O)Nc2ccccn2)[C@H](c2cccc(OCc3ccccc3)c2)n2nc(-c3ccccc3Cl)nc2N1. The lowest BCUT2D eigenvalue weighted by atomic mass is 9.95. The normalized spacial score (nSPS) is 14.3. The molecule has 0 spiro atoms. The van der Waals surface area contributed by atoms with Crippen LogP contribution in [0.3, 0.4) is 0 Å². The first kappa shape index (κ1) is 25.3. The number of carbonyl (C=O) groups is 1. The van der Waals surface area contributed by atoms with Crippen LogP contribution in [0.15, 0.2) is 115 Å². The van der Waals surface area contributed by atoms with Gasteiger partial charge in [0.15, 0.2) is 5.82 Å². The Morgan fingerprint density at radius 2 is 1.80 bits per heavy atom. The molecule has 9 heteroatoms. The second-order valence-electron chi connectivity index (χ2n) is 9.27. The summed E-state index contributed by atoms with van der Waals surface area (Å²) in [5.74, 6) is 1.78. The second-order valence-corrected chi connectivity index (χ2v) is 9.67. The molecule has 1 amide bonds. The van der Waals surface area contributed by atoms with E-state index in [9.17, 15) is 4.79 Å². The van der Waals surface area contributed by atoms with Crippen LogP contribution >= 0.6 is 11.6 Å². The molecule has 0 saturated carbocycles. The third-order valence-electron chi connectivity index (χ3n) is 6.54. The van der Waals surface area contributed by atoms with Crippen LogP contribution in [0, 0.1) is 0 Å². The molecule has 198 valence electrons. The summed E-state index contributed by atoms with van der Waals surface area (Å²) in [4.78, 5) is 22.7. The van der Waals surface area contributed by atoms with Gasteiger partial charge in [0.1, 0.15) is 24.2 Å². The Morgan fingerprint density at radius 1 is 1.00 bits per heavy atom. The maximum absolute atomic E-state index is 13.7. The predicted molar refractivity (Wildman–Crippen MR) is 155 cm³/mol. The Balaban J connectivity index is 1.41. The van der Waals surface area contributed by atoms with Crippen LogP contribution in [0.2, 0.25) is 5.02 Å². The van der Waals surface area contributed by atoms with Crippen molar-refractivity contribution in [2.24, 2.45) is 0 Å². The van der Waals surface area contributed by atoms with Crippen molar-refractivity contribution < 1.29 is 9.53 Å². The summed E-state index contributed by atoms with van der Waals surface area (Å²) < 4.78 is 7.83. The van der Waals surface area contributed by atoms with Crippen LogP contribution in [0.4, 0.5) is 11.8 Å². The van der Waals surface area contributed by atoms with E-state index < -0.39 is 6.04 Å². The number of benzene rings is 3. The summed E-state index contributed by atoms with van der Waals surface area (Å²) in [6, 6.07) is 29.8. The fourth-order valence-corrected chi connectivity index (χ4v) is 4.87. The molecule has 2 N–H and O–H groups in total. The number of amides is 1. The number of nitrogens with zero attached hydrogens (tertiary/aromatic N) is 4. The van der Waals surface area contributed by atoms with E-state index in [1.807, 2.05) is 85.8 Å². The van der Waals surface area contributed by atoms with Crippen molar-refractivity contribution in [3.8, 4) is 17.1 Å². The Morgan fingerprint density at radius 3 is 2.60 bits per heavy atom. The van der Waals surface area contributed by atoms with Gasteiger partial charge in [0.2, 0.25) is 5.95 Å². The lowest BCUT2D eigenvalue weighted by molar-refractivity contribution is -0.113. The lowest BCUT2D eigenvalue weighted by Gasteiger charge is -2.28. The van der Waals surface area contributed by atoms with Crippen LogP contribution in [0.5, 0.6) is 5.75 Å². The van der Waals surface area contributed by atoms with Gasteiger partial charge in [-0.1, -0.05) is 72.3 Å². The van der Waals surface area contributed by atoms with Gasteiger partial charge in [-0.05, 0) is 54.4 Å². The minimum absolute atomic E-state index is 0.301. The molecule has 40 heavy (non-hydrogen) atoms. The molecule has 0 radical (unpaired) electrons. The summed E-state index contributed by atoms with van der Waals surface area (Å²) in [5.41, 5.74) is 3.70. The number of allylic oxidation sites excluding steroid dienone is 1. The fraction of sp³-hybridized carbons (Fsp3) is 0.0968. The monoisotopic (exact) mass is 548 g/mol. The highest BCUT2D eigenvalue weighted by molar-refractivity contribution is 6.33. The van der Waals surface area contributed by atoms with Gasteiger partial charge in [-0.2, -0.15) is 4.98 Å². The molecule has 5 aromatic rings. The average Bonchev–Trinajstić information content (AvgIpc) is 3.40. The van der Waals surface area contributed by atoms with E-state index in [4.69, 9.17) is 26.4 Å². The molecule has 3 heterocycles. The molecular formula is C31H25ClN6O2. The van der Waals surface area contributed by atoms with E-state index in [0.29, 0.717) is 51.8 Å². The largest absolute Gasteiger partial charge is 0.489 e. The van der Waals surface area contributed by atoms with E-state index in [2.05, 4.69) is 15.6 Å². The molecule has 1 atom stereocenters. The predicted octanol–water partition coefficient (Wildman–Crippen LogP) is 6.50. The minimum Gasteiger partial charge on any atom is -0.489 e. The van der Waals surface area contributed by atoms with Crippen molar-refractivity contribution in [3.63, 3.8) is 0 Å². The van der Waals surface area contributed by atoms with Crippen molar-refractivity contribution in [1.82, 2.24) is 19.7 Å². The molecule has 0 saturated heterocycles. The number of halogens is 1. The van der Waals surface area contributed by atoms with E-state index in [1.54, 1.807) is 29.1 Å². The van der Waals surface area contributed by atoms with Crippen molar-refractivity contribution in [2.75, 3.05) is 10.6 Å². The molecule has 8 nitrogen and oxygen atoms in total. The van der Waals surface area contributed by atoms with Gasteiger partial charge >= 0.3 is 0 Å². The zero-order chi connectivity index (χ0) is 27.5. The van der Waals surface area contributed by atoms with Gasteiger partial charge in [-0.25, -0.2) is 9.67 Å². The summed E-state index contributed by atoms with van der Waals surface area (Å²) in [6.45, 7) is 2.27. The second kappa shape index (κ2) is 11.0. The van der Waals surface area contributed by atoms with Gasteiger partial charge in [-0.3, -0.25) is 4.79 Å². The smallest absolute Gasteiger partial charge is 0.257 e. The number of pyridine rings is 1. The number of carbonyl (C=O) groups excluding carboxylic acids is 1. The first-order valence-corrected chi connectivity index (χ1v) is 13.1. The third kappa shape index (κ3) is 5.17. The summed E-state index contributed by atoms with van der Waals surface area (Å²) in [7, 11) is 0. The van der Waals surface area contributed by atoms with Gasteiger partial charge < -0.3 is 15.4 Å². The van der Waals surface area contributed by atoms with Gasteiger partial charge in [0.05, 0.1) is 10.6 Å². The van der Waals surface area contributed by atoms with Gasteiger partial charge in [0, 0.05) is 17.5 Å². The maximum atomic E-state index is 13.7. The molecule has 0 fully saturated rings. The number of ether oxygens (including phenoxy) is 1. The quantitative estimate of drug-likeness (QED) is 0.241. The first-order valence-electron chi connectivity index (χ1n) is 12.7. The van der Waals surface area contributed by atoms with E-state index in [-0.39, 0.29) is 5.91 Å². The molecule has 2 aromatic heterocycles. The van der Waals surface area contributed by atoms with E-state index in [1.165, 1.54) is 0 Å². The molecule has 6 rings (SSSR count). The number of aromatic nitrogens is 4. The number of hydrogen-bond acceptors (Lipinski definition) is 6. The van der Waals surface area contributed by atoms with Crippen LogP contribution in [-0.4, -0.2) is 25.7 Å². The molecule has 0 unspecified atom stereocenters. The summed E-state index contributed by atoms with van der Waals surface area (Å²) in [5, 5.41) is 11.5. The van der Waals surface area contributed by atoms with Crippen molar-refractivity contribution in [3.05, 3.63) is 131 Å². The topological polar surface area (TPSA) is 94.0 Å². The van der Waals surface area contributed by atoms with E-state index >= 15 is 0 Å². The van der Waals surface area contributed by atoms with Crippen molar-refractivity contribution >= 4 is 29.3 Å². The zero-order valence-electron chi connectivity index (χ0n) is 21.6. The standard InChI is InChI=1S/C31H25ClN6O2/c1-20-27(30(39)35-26-16-7-8-17-33-26)28(22-12-9-13-23(18-22)40-19-21-10-3-2-4-11-21)38-31(34-20)36-29(37-38)24-14-5-6-15-25(24)32/h2-18,28H,19H2,1H3,(H,33,35,39)(H,34,36,37)/t28-/m0/s1. The Hall–Kier alpha value is -4.95. The maximum Gasteiger partial charge on any atom is 0.257 e. The fourth-order valence-electron chi connectivity index (χ4n) is 4.65. The first-order chi connectivity index (χ1) is 19.6. The Bertz CT molecular complexity index is 1700. The highest BCUT2D eigenvalue weighted by Gasteiger charge is 2.35. The molecule has 0 aliphatic carbocycles. The van der Waals surface area contributed by atoms with Crippen LogP contribution in [-0.2, 0) is 11.4 Å². The molecule has 0 bridgehead atoms. The van der Waals surface area contributed by atoms with Gasteiger partial charge in [0.25, 0.3) is 5.91 Å². The van der Waals surface area contributed by atoms with Gasteiger partial charge in [-0.15, -0.1) is 5.10 Å². The Kier molecular flexibility index (Phi) is 6.99. The van der Waals surface area contributed by atoms with Crippen LogP contribution in [0.1, 0.15) is 24.1 Å². The van der Waals surface area contributed by atoms with E-state index in [0.717, 1.165) is 11.1 Å². The number of hydrogen-bond donors (Lipinski definition) is 2.